The molecule has 22 heavy (non-hydrogen) atoms. The molecule has 0 aliphatic rings. The maximum absolute atomic E-state index is 11.9. The first-order chi connectivity index (χ1) is 10.7. The number of furan rings is 1. The summed E-state index contributed by atoms with van der Waals surface area (Å²) in [4.78, 5) is 17.5. The zero-order valence-electron chi connectivity index (χ0n) is 11.6. The van der Waals surface area contributed by atoms with Crippen LogP contribution in [0.15, 0.2) is 45.7 Å². The molecule has 1 unspecified atom stereocenters. The summed E-state index contributed by atoms with van der Waals surface area (Å²) < 4.78 is 5.08. The molecule has 0 fully saturated rings. The number of aliphatic hydroxyl groups is 1. The third-order valence-corrected chi connectivity index (χ3v) is 4.92. The number of aromatic nitrogens is 1. The van der Waals surface area contributed by atoms with Gasteiger partial charge in [0.2, 0.25) is 5.91 Å². The molecule has 0 radical (unpaired) electrons. The SMILES string of the molecule is O=C(Cc1csc(-c2cccs2)n1)NCC(O)c1ccco1. The van der Waals surface area contributed by atoms with Gasteiger partial charge in [-0.3, -0.25) is 4.79 Å². The molecule has 3 aromatic rings. The summed E-state index contributed by atoms with van der Waals surface area (Å²) in [6.45, 7) is 0.119. The smallest absolute Gasteiger partial charge is 0.226 e. The summed E-state index contributed by atoms with van der Waals surface area (Å²) in [7, 11) is 0. The van der Waals surface area contributed by atoms with E-state index >= 15 is 0 Å². The highest BCUT2D eigenvalue weighted by molar-refractivity contribution is 7.20. The highest BCUT2D eigenvalue weighted by Crippen LogP contribution is 2.27. The molecular formula is C15H14N2O3S2. The number of hydrogen-bond donors (Lipinski definition) is 2. The van der Waals surface area contributed by atoms with Gasteiger partial charge in [0.05, 0.1) is 29.8 Å². The topological polar surface area (TPSA) is 75.4 Å². The van der Waals surface area contributed by atoms with Gasteiger partial charge in [0, 0.05) is 5.38 Å². The average Bonchev–Trinajstić information content (AvgIpc) is 3.23. The molecule has 3 heterocycles. The van der Waals surface area contributed by atoms with Crippen molar-refractivity contribution in [1.82, 2.24) is 10.3 Å². The quantitative estimate of drug-likeness (QED) is 0.727. The van der Waals surface area contributed by atoms with E-state index in [1.165, 1.54) is 17.6 Å². The molecule has 0 saturated carbocycles. The molecule has 1 amide bonds. The van der Waals surface area contributed by atoms with Crippen LogP contribution in [0.4, 0.5) is 0 Å². The Bertz CT molecular complexity index is 720. The Morgan fingerprint density at radius 2 is 2.27 bits per heavy atom. The van der Waals surface area contributed by atoms with Crippen LogP contribution in [-0.4, -0.2) is 22.5 Å². The van der Waals surface area contributed by atoms with Gasteiger partial charge in [0.25, 0.3) is 0 Å². The summed E-state index contributed by atoms with van der Waals surface area (Å²) in [5.41, 5.74) is 0.735. The van der Waals surface area contributed by atoms with E-state index in [-0.39, 0.29) is 18.9 Å². The van der Waals surface area contributed by atoms with Gasteiger partial charge in [-0.25, -0.2) is 4.98 Å². The van der Waals surface area contributed by atoms with Crippen molar-refractivity contribution in [3.63, 3.8) is 0 Å². The van der Waals surface area contributed by atoms with Crippen molar-refractivity contribution in [3.05, 3.63) is 52.7 Å². The molecular weight excluding hydrogens is 320 g/mol. The van der Waals surface area contributed by atoms with Crippen LogP contribution >= 0.6 is 22.7 Å². The first-order valence-corrected chi connectivity index (χ1v) is 8.45. The number of rotatable bonds is 6. The van der Waals surface area contributed by atoms with Crippen LogP contribution in [-0.2, 0) is 11.2 Å². The minimum Gasteiger partial charge on any atom is -0.467 e. The number of carbonyl (C=O) groups excluding carboxylic acids is 1. The summed E-state index contributed by atoms with van der Waals surface area (Å²) >= 11 is 3.15. The lowest BCUT2D eigenvalue weighted by Crippen LogP contribution is -2.29. The van der Waals surface area contributed by atoms with Crippen LogP contribution in [0.25, 0.3) is 9.88 Å². The summed E-state index contributed by atoms with van der Waals surface area (Å²) in [6.07, 6.45) is 0.852. The normalized spacial score (nSPS) is 12.2. The van der Waals surface area contributed by atoms with Crippen LogP contribution in [0.3, 0.4) is 0 Å². The molecule has 0 bridgehead atoms. The first-order valence-electron chi connectivity index (χ1n) is 6.69. The van der Waals surface area contributed by atoms with E-state index < -0.39 is 6.10 Å². The molecule has 0 aromatic carbocycles. The fraction of sp³-hybridized carbons (Fsp3) is 0.200. The molecule has 5 nitrogen and oxygen atoms in total. The zero-order valence-corrected chi connectivity index (χ0v) is 13.2. The molecule has 0 spiro atoms. The highest BCUT2D eigenvalue weighted by atomic mass is 32.1. The van der Waals surface area contributed by atoms with Gasteiger partial charge in [-0.2, -0.15) is 0 Å². The fourth-order valence-corrected chi connectivity index (χ4v) is 3.55. The number of carbonyl (C=O) groups is 1. The predicted molar refractivity (Wildman–Crippen MR) is 85.8 cm³/mol. The van der Waals surface area contributed by atoms with Gasteiger partial charge in [-0.05, 0) is 23.6 Å². The molecule has 0 saturated heterocycles. The number of aliphatic hydroxyl groups excluding tert-OH is 1. The molecule has 2 N–H and O–H groups in total. The number of thiazole rings is 1. The van der Waals surface area contributed by atoms with Crippen LogP contribution in [0.1, 0.15) is 17.6 Å². The molecule has 0 aliphatic heterocycles. The van der Waals surface area contributed by atoms with Crippen molar-refractivity contribution >= 4 is 28.6 Å². The van der Waals surface area contributed by atoms with Crippen molar-refractivity contribution in [3.8, 4) is 9.88 Å². The predicted octanol–water partition coefficient (Wildman–Crippen LogP) is 2.86. The van der Waals surface area contributed by atoms with Gasteiger partial charge in [0.15, 0.2) is 0 Å². The third-order valence-electron chi connectivity index (χ3n) is 2.99. The molecule has 114 valence electrons. The molecule has 3 aromatic heterocycles. The number of hydrogen-bond acceptors (Lipinski definition) is 6. The van der Waals surface area contributed by atoms with Gasteiger partial charge in [-0.15, -0.1) is 22.7 Å². The Labute approximate surface area is 135 Å². The van der Waals surface area contributed by atoms with E-state index in [1.807, 2.05) is 22.9 Å². The monoisotopic (exact) mass is 334 g/mol. The van der Waals surface area contributed by atoms with Crippen molar-refractivity contribution in [2.45, 2.75) is 12.5 Å². The van der Waals surface area contributed by atoms with E-state index in [0.717, 1.165) is 15.6 Å². The number of nitrogens with one attached hydrogen (secondary N) is 1. The van der Waals surface area contributed by atoms with Crippen LogP contribution in [0.2, 0.25) is 0 Å². The van der Waals surface area contributed by atoms with E-state index in [2.05, 4.69) is 10.3 Å². The van der Waals surface area contributed by atoms with E-state index in [0.29, 0.717) is 5.76 Å². The Morgan fingerprint density at radius 1 is 1.36 bits per heavy atom. The second kappa shape index (κ2) is 6.87. The zero-order chi connectivity index (χ0) is 15.4. The fourth-order valence-electron chi connectivity index (χ4n) is 1.92. The van der Waals surface area contributed by atoms with Crippen molar-refractivity contribution in [1.29, 1.82) is 0 Å². The third kappa shape index (κ3) is 3.62. The maximum Gasteiger partial charge on any atom is 0.226 e. The second-order valence-corrected chi connectivity index (χ2v) is 6.44. The Morgan fingerprint density at radius 3 is 3.00 bits per heavy atom. The largest absolute Gasteiger partial charge is 0.467 e. The first kappa shape index (κ1) is 15.0. The standard InChI is InChI=1S/C15H14N2O3S2/c18-11(12-3-1-5-20-12)8-16-14(19)7-10-9-22-15(17-10)13-4-2-6-21-13/h1-6,9,11,18H,7-8H2,(H,16,19). The van der Waals surface area contributed by atoms with Crippen molar-refractivity contribution in [2.75, 3.05) is 6.54 Å². The summed E-state index contributed by atoms with van der Waals surface area (Å²) in [6, 6.07) is 7.35. The minimum absolute atomic E-state index is 0.119. The van der Waals surface area contributed by atoms with Crippen molar-refractivity contribution in [2.24, 2.45) is 0 Å². The molecule has 7 heteroatoms. The maximum atomic E-state index is 11.9. The summed E-state index contributed by atoms with van der Waals surface area (Å²) in [5.74, 6) is 0.266. The van der Waals surface area contributed by atoms with Crippen LogP contribution in [0.5, 0.6) is 0 Å². The molecule has 0 aliphatic carbocycles. The van der Waals surface area contributed by atoms with Gasteiger partial charge >= 0.3 is 0 Å². The molecule has 3 rings (SSSR count). The second-order valence-electron chi connectivity index (χ2n) is 4.63. The Hall–Kier alpha value is -1.96. The van der Waals surface area contributed by atoms with E-state index in [1.54, 1.807) is 23.5 Å². The minimum atomic E-state index is -0.837. The van der Waals surface area contributed by atoms with Crippen LogP contribution in [0, 0.1) is 0 Å². The van der Waals surface area contributed by atoms with Gasteiger partial charge < -0.3 is 14.8 Å². The number of nitrogens with zero attached hydrogens (tertiary/aromatic N) is 1. The lowest BCUT2D eigenvalue weighted by atomic mass is 10.2. The Balaban J connectivity index is 1.52. The lowest BCUT2D eigenvalue weighted by molar-refractivity contribution is -0.121. The van der Waals surface area contributed by atoms with E-state index in [4.69, 9.17) is 4.42 Å². The number of thiophene rings is 1. The number of amides is 1. The van der Waals surface area contributed by atoms with Crippen LogP contribution < -0.4 is 5.32 Å². The van der Waals surface area contributed by atoms with Crippen molar-refractivity contribution < 1.29 is 14.3 Å². The van der Waals surface area contributed by atoms with Gasteiger partial charge in [0.1, 0.15) is 16.9 Å². The Kier molecular flexibility index (Phi) is 4.67. The highest BCUT2D eigenvalue weighted by Gasteiger charge is 2.13. The summed E-state index contributed by atoms with van der Waals surface area (Å²) in [5, 5.41) is 17.3. The lowest BCUT2D eigenvalue weighted by Gasteiger charge is -2.08. The van der Waals surface area contributed by atoms with E-state index in [9.17, 15) is 9.90 Å². The molecule has 1 atom stereocenters. The average molecular weight is 334 g/mol. The van der Waals surface area contributed by atoms with Gasteiger partial charge in [-0.1, -0.05) is 6.07 Å².